The third kappa shape index (κ3) is 4.39. The summed E-state index contributed by atoms with van der Waals surface area (Å²) >= 11 is 0. The molecule has 3 aromatic carbocycles. The highest BCUT2D eigenvalue weighted by Gasteiger charge is 2.10. The fraction of sp³-hybridized carbons (Fsp3) is 0.0870. The van der Waals surface area contributed by atoms with Crippen molar-refractivity contribution in [3.8, 4) is 16.9 Å². The molecule has 0 atom stereocenters. The maximum Gasteiger partial charge on any atom is 0.255 e. The van der Waals surface area contributed by atoms with Gasteiger partial charge >= 0.3 is 0 Å². The highest BCUT2D eigenvalue weighted by Crippen LogP contribution is 2.25. The largest absolute Gasteiger partial charge is 0.487 e. The summed E-state index contributed by atoms with van der Waals surface area (Å²) in [7, 11) is 0. The van der Waals surface area contributed by atoms with Crippen molar-refractivity contribution in [2.45, 2.75) is 6.92 Å². The van der Waals surface area contributed by atoms with E-state index < -0.39 is 0 Å². The Morgan fingerprint density at radius 2 is 1.50 bits per heavy atom. The van der Waals surface area contributed by atoms with Crippen molar-refractivity contribution >= 4 is 11.6 Å². The molecule has 0 aliphatic rings. The zero-order valence-corrected chi connectivity index (χ0v) is 14.7. The fourth-order valence-electron chi connectivity index (χ4n) is 2.54. The summed E-state index contributed by atoms with van der Waals surface area (Å²) in [6, 6.07) is 25.0. The normalized spacial score (nSPS) is 10.2. The average Bonchev–Trinajstić information content (AvgIpc) is 2.68. The Hall–Kier alpha value is -3.33. The van der Waals surface area contributed by atoms with Gasteiger partial charge < -0.3 is 10.1 Å². The molecule has 0 saturated heterocycles. The van der Waals surface area contributed by atoms with E-state index in [9.17, 15) is 4.79 Å². The second-order valence-corrected chi connectivity index (χ2v) is 6.14. The molecule has 0 aliphatic heterocycles. The van der Waals surface area contributed by atoms with E-state index in [-0.39, 0.29) is 5.91 Å². The van der Waals surface area contributed by atoms with Crippen molar-refractivity contribution in [2.24, 2.45) is 0 Å². The summed E-state index contributed by atoms with van der Waals surface area (Å²) in [5.41, 5.74) is 4.36. The molecule has 0 aliphatic carbocycles. The Kier molecular flexibility index (Phi) is 5.49. The van der Waals surface area contributed by atoms with Gasteiger partial charge in [-0.15, -0.1) is 0 Å². The van der Waals surface area contributed by atoms with Gasteiger partial charge in [0.2, 0.25) is 0 Å². The molecule has 3 nitrogen and oxygen atoms in total. The number of ether oxygens (including phenoxy) is 1. The molecule has 0 fully saturated rings. The SMILES string of the molecule is C=C(C)COc1ccccc1NC(=O)c1ccc(-c2ccccc2)cc1. The molecule has 0 aromatic heterocycles. The molecule has 0 bridgehead atoms. The quantitative estimate of drug-likeness (QED) is 0.595. The predicted octanol–water partition coefficient (Wildman–Crippen LogP) is 5.56. The number of hydrogen-bond acceptors (Lipinski definition) is 2. The van der Waals surface area contributed by atoms with Crippen molar-refractivity contribution in [3.63, 3.8) is 0 Å². The van der Waals surface area contributed by atoms with E-state index in [1.54, 1.807) is 0 Å². The number of hydrogen-bond donors (Lipinski definition) is 1. The molecule has 0 spiro atoms. The fourth-order valence-corrected chi connectivity index (χ4v) is 2.54. The molecule has 0 unspecified atom stereocenters. The molecule has 3 heteroatoms. The minimum atomic E-state index is -0.170. The maximum atomic E-state index is 12.6. The van der Waals surface area contributed by atoms with Crippen LogP contribution in [0, 0.1) is 0 Å². The Bertz CT molecular complexity index is 899. The lowest BCUT2D eigenvalue weighted by Crippen LogP contribution is -2.13. The van der Waals surface area contributed by atoms with E-state index in [1.165, 1.54) is 0 Å². The average molecular weight is 343 g/mol. The van der Waals surface area contributed by atoms with Gasteiger partial charge in [0, 0.05) is 5.56 Å². The van der Waals surface area contributed by atoms with Crippen LogP contribution in [0.25, 0.3) is 11.1 Å². The Morgan fingerprint density at radius 3 is 2.19 bits per heavy atom. The van der Waals surface area contributed by atoms with Crippen LogP contribution in [0.4, 0.5) is 5.69 Å². The molecule has 0 heterocycles. The second kappa shape index (κ2) is 8.17. The third-order valence-electron chi connectivity index (χ3n) is 3.86. The van der Waals surface area contributed by atoms with Crippen LogP contribution in [-0.2, 0) is 0 Å². The van der Waals surface area contributed by atoms with Crippen molar-refractivity contribution in [1.29, 1.82) is 0 Å². The zero-order valence-electron chi connectivity index (χ0n) is 14.7. The molecule has 0 radical (unpaired) electrons. The minimum Gasteiger partial charge on any atom is -0.487 e. The lowest BCUT2D eigenvalue weighted by Gasteiger charge is -2.12. The van der Waals surface area contributed by atoms with Crippen molar-refractivity contribution in [2.75, 3.05) is 11.9 Å². The predicted molar refractivity (Wildman–Crippen MR) is 107 cm³/mol. The van der Waals surface area contributed by atoms with Gasteiger partial charge in [0.05, 0.1) is 5.69 Å². The number of carbonyl (C=O) groups excluding carboxylic acids is 1. The summed E-state index contributed by atoms with van der Waals surface area (Å²) < 4.78 is 5.70. The van der Waals surface area contributed by atoms with Crippen LogP contribution in [0.5, 0.6) is 5.75 Å². The molecule has 1 amide bonds. The van der Waals surface area contributed by atoms with Gasteiger partial charge in [-0.05, 0) is 47.9 Å². The Balaban J connectivity index is 1.73. The monoisotopic (exact) mass is 343 g/mol. The van der Waals surface area contributed by atoms with Crippen molar-refractivity contribution in [3.05, 3.63) is 96.6 Å². The summed E-state index contributed by atoms with van der Waals surface area (Å²) in [6.45, 7) is 6.14. The summed E-state index contributed by atoms with van der Waals surface area (Å²) in [6.07, 6.45) is 0. The van der Waals surface area contributed by atoms with Crippen LogP contribution in [0.2, 0.25) is 0 Å². The van der Waals surface area contributed by atoms with Gasteiger partial charge in [0.15, 0.2) is 0 Å². The van der Waals surface area contributed by atoms with Crippen LogP contribution in [-0.4, -0.2) is 12.5 Å². The topological polar surface area (TPSA) is 38.3 Å². The van der Waals surface area contributed by atoms with Crippen molar-refractivity contribution < 1.29 is 9.53 Å². The van der Waals surface area contributed by atoms with Crippen LogP contribution in [0.1, 0.15) is 17.3 Å². The number of anilines is 1. The van der Waals surface area contributed by atoms with E-state index in [0.717, 1.165) is 16.7 Å². The minimum absolute atomic E-state index is 0.170. The highest BCUT2D eigenvalue weighted by atomic mass is 16.5. The van der Waals surface area contributed by atoms with Gasteiger partial charge in [-0.1, -0.05) is 61.2 Å². The van der Waals surface area contributed by atoms with E-state index in [4.69, 9.17) is 4.74 Å². The lowest BCUT2D eigenvalue weighted by atomic mass is 10.0. The molecule has 26 heavy (non-hydrogen) atoms. The first kappa shape index (κ1) is 17.5. The van der Waals surface area contributed by atoms with E-state index >= 15 is 0 Å². The molecule has 3 aromatic rings. The second-order valence-electron chi connectivity index (χ2n) is 6.14. The number of rotatable bonds is 6. The number of benzene rings is 3. The number of amides is 1. The van der Waals surface area contributed by atoms with E-state index in [0.29, 0.717) is 23.6 Å². The van der Waals surface area contributed by atoms with E-state index in [1.807, 2.05) is 85.8 Å². The maximum absolute atomic E-state index is 12.6. The highest BCUT2D eigenvalue weighted by molar-refractivity contribution is 6.05. The van der Waals surface area contributed by atoms with Crippen LogP contribution >= 0.6 is 0 Å². The zero-order chi connectivity index (χ0) is 18.4. The van der Waals surface area contributed by atoms with E-state index in [2.05, 4.69) is 11.9 Å². The van der Waals surface area contributed by atoms with Gasteiger partial charge in [0.1, 0.15) is 12.4 Å². The van der Waals surface area contributed by atoms with Gasteiger partial charge in [-0.25, -0.2) is 0 Å². The van der Waals surface area contributed by atoms with Crippen LogP contribution in [0.3, 0.4) is 0 Å². The first-order chi connectivity index (χ1) is 12.6. The molecule has 3 rings (SSSR count). The number of carbonyl (C=O) groups is 1. The Labute approximate surface area is 154 Å². The van der Waals surface area contributed by atoms with Gasteiger partial charge in [0.25, 0.3) is 5.91 Å². The Morgan fingerprint density at radius 1 is 0.885 bits per heavy atom. The van der Waals surface area contributed by atoms with Crippen LogP contribution < -0.4 is 10.1 Å². The standard InChI is InChI=1S/C23H21NO2/c1-17(2)16-26-22-11-7-6-10-21(22)24-23(25)20-14-12-19(13-15-20)18-8-4-3-5-9-18/h3-15H,1,16H2,2H3,(H,24,25). The van der Waals surface area contributed by atoms with Crippen LogP contribution in [0.15, 0.2) is 91.0 Å². The smallest absolute Gasteiger partial charge is 0.255 e. The molecule has 130 valence electrons. The van der Waals surface area contributed by atoms with Crippen molar-refractivity contribution in [1.82, 2.24) is 0 Å². The first-order valence-corrected chi connectivity index (χ1v) is 8.46. The first-order valence-electron chi connectivity index (χ1n) is 8.46. The lowest BCUT2D eigenvalue weighted by molar-refractivity contribution is 0.102. The summed E-state index contributed by atoms with van der Waals surface area (Å²) in [4.78, 5) is 12.6. The summed E-state index contributed by atoms with van der Waals surface area (Å²) in [5.74, 6) is 0.459. The third-order valence-corrected chi connectivity index (χ3v) is 3.86. The molecular formula is C23H21NO2. The number of nitrogens with one attached hydrogen (secondary N) is 1. The molecular weight excluding hydrogens is 322 g/mol. The molecule has 0 saturated carbocycles. The van der Waals surface area contributed by atoms with Gasteiger partial charge in [-0.2, -0.15) is 0 Å². The number of para-hydroxylation sites is 2. The van der Waals surface area contributed by atoms with Gasteiger partial charge in [-0.3, -0.25) is 4.79 Å². The molecule has 1 N–H and O–H groups in total. The summed E-state index contributed by atoms with van der Waals surface area (Å²) in [5, 5.41) is 2.92.